The SMILES string of the molecule is C=C(C)C(NCCC)C1CSCCN1C. The molecule has 15 heavy (non-hydrogen) atoms. The molecular weight excluding hydrogens is 204 g/mol. The van der Waals surface area contributed by atoms with E-state index >= 15 is 0 Å². The van der Waals surface area contributed by atoms with Crippen molar-refractivity contribution in [1.29, 1.82) is 0 Å². The highest BCUT2D eigenvalue weighted by Gasteiger charge is 2.27. The third-order valence-electron chi connectivity index (χ3n) is 2.97. The molecule has 2 unspecified atom stereocenters. The third kappa shape index (κ3) is 3.82. The fourth-order valence-electron chi connectivity index (χ4n) is 1.99. The van der Waals surface area contributed by atoms with Gasteiger partial charge in [0.1, 0.15) is 0 Å². The van der Waals surface area contributed by atoms with Crippen LogP contribution in [0.3, 0.4) is 0 Å². The van der Waals surface area contributed by atoms with Gasteiger partial charge in [0.15, 0.2) is 0 Å². The zero-order valence-corrected chi connectivity index (χ0v) is 11.1. The van der Waals surface area contributed by atoms with Crippen molar-refractivity contribution in [3.63, 3.8) is 0 Å². The van der Waals surface area contributed by atoms with Crippen LogP contribution in [0.15, 0.2) is 12.2 Å². The van der Waals surface area contributed by atoms with E-state index in [9.17, 15) is 0 Å². The highest BCUT2D eigenvalue weighted by molar-refractivity contribution is 7.99. The minimum Gasteiger partial charge on any atom is -0.309 e. The average Bonchev–Trinajstić information content (AvgIpc) is 2.20. The number of hydrogen-bond donors (Lipinski definition) is 1. The van der Waals surface area contributed by atoms with Crippen molar-refractivity contribution in [2.24, 2.45) is 0 Å². The maximum absolute atomic E-state index is 4.12. The first-order chi connectivity index (χ1) is 7.16. The lowest BCUT2D eigenvalue weighted by Crippen LogP contribution is -2.53. The fraction of sp³-hybridized carbons (Fsp3) is 0.833. The summed E-state index contributed by atoms with van der Waals surface area (Å²) in [4.78, 5) is 2.47. The Morgan fingerprint density at radius 1 is 1.67 bits per heavy atom. The topological polar surface area (TPSA) is 15.3 Å². The molecule has 0 radical (unpaired) electrons. The summed E-state index contributed by atoms with van der Waals surface area (Å²) in [6, 6.07) is 1.08. The lowest BCUT2D eigenvalue weighted by Gasteiger charge is -2.38. The van der Waals surface area contributed by atoms with Gasteiger partial charge in [-0.25, -0.2) is 0 Å². The van der Waals surface area contributed by atoms with E-state index in [1.165, 1.54) is 30.0 Å². The molecule has 1 aliphatic heterocycles. The summed E-state index contributed by atoms with van der Waals surface area (Å²) in [6.45, 7) is 10.8. The molecule has 1 N–H and O–H groups in total. The van der Waals surface area contributed by atoms with Crippen molar-refractivity contribution in [3.8, 4) is 0 Å². The summed E-state index contributed by atoms with van der Waals surface area (Å²) >= 11 is 2.06. The molecule has 1 fully saturated rings. The van der Waals surface area contributed by atoms with Gasteiger partial charge in [-0.2, -0.15) is 11.8 Å². The van der Waals surface area contributed by atoms with Gasteiger partial charge in [-0.3, -0.25) is 4.90 Å². The second kappa shape index (κ2) is 6.56. The number of rotatable bonds is 5. The van der Waals surface area contributed by atoms with E-state index in [4.69, 9.17) is 0 Å². The maximum atomic E-state index is 4.12. The Morgan fingerprint density at radius 2 is 2.40 bits per heavy atom. The van der Waals surface area contributed by atoms with Gasteiger partial charge < -0.3 is 5.32 Å². The summed E-state index contributed by atoms with van der Waals surface area (Å²) in [5.41, 5.74) is 1.27. The van der Waals surface area contributed by atoms with Crippen LogP contribution in [0.4, 0.5) is 0 Å². The van der Waals surface area contributed by atoms with Crippen molar-refractivity contribution in [3.05, 3.63) is 12.2 Å². The summed E-state index contributed by atoms with van der Waals surface area (Å²) < 4.78 is 0. The van der Waals surface area contributed by atoms with Crippen LogP contribution in [-0.4, -0.2) is 48.6 Å². The second-order valence-corrected chi connectivity index (χ2v) is 5.55. The molecule has 1 saturated heterocycles. The van der Waals surface area contributed by atoms with Crippen LogP contribution in [0.2, 0.25) is 0 Å². The van der Waals surface area contributed by atoms with Gasteiger partial charge in [0.2, 0.25) is 0 Å². The van der Waals surface area contributed by atoms with Gasteiger partial charge in [-0.15, -0.1) is 0 Å². The van der Waals surface area contributed by atoms with Crippen LogP contribution in [0.25, 0.3) is 0 Å². The Bertz CT molecular complexity index is 206. The zero-order valence-electron chi connectivity index (χ0n) is 10.3. The Labute approximate surface area is 98.5 Å². The first kappa shape index (κ1) is 13.1. The predicted molar refractivity (Wildman–Crippen MR) is 70.6 cm³/mol. The fourth-order valence-corrected chi connectivity index (χ4v) is 3.27. The predicted octanol–water partition coefficient (Wildman–Crippen LogP) is 1.98. The first-order valence-electron chi connectivity index (χ1n) is 5.83. The highest BCUT2D eigenvalue weighted by Crippen LogP contribution is 2.20. The standard InChI is InChI=1S/C12H24N2S/c1-5-6-13-12(10(2)3)11-9-15-8-7-14(11)4/h11-13H,2,5-9H2,1,3-4H3. The van der Waals surface area contributed by atoms with Gasteiger partial charge in [0.05, 0.1) is 0 Å². The minimum atomic E-state index is 0.461. The maximum Gasteiger partial charge on any atom is 0.0440 e. The molecule has 0 spiro atoms. The van der Waals surface area contributed by atoms with Gasteiger partial charge >= 0.3 is 0 Å². The van der Waals surface area contributed by atoms with Crippen molar-refractivity contribution in [1.82, 2.24) is 10.2 Å². The lowest BCUT2D eigenvalue weighted by atomic mass is 10.0. The Morgan fingerprint density at radius 3 is 2.93 bits per heavy atom. The lowest BCUT2D eigenvalue weighted by molar-refractivity contribution is 0.230. The van der Waals surface area contributed by atoms with Crippen LogP contribution in [0.5, 0.6) is 0 Å². The smallest absolute Gasteiger partial charge is 0.0440 e. The molecule has 1 heterocycles. The quantitative estimate of drug-likeness (QED) is 0.724. The minimum absolute atomic E-state index is 0.461. The molecule has 0 aromatic carbocycles. The number of hydrogen-bond acceptors (Lipinski definition) is 3. The third-order valence-corrected chi connectivity index (χ3v) is 4.02. The molecule has 2 nitrogen and oxygen atoms in total. The van der Waals surface area contributed by atoms with Gasteiger partial charge in [-0.05, 0) is 26.9 Å². The number of likely N-dealkylation sites (N-methyl/N-ethyl adjacent to an activating group) is 1. The van der Waals surface area contributed by atoms with E-state index < -0.39 is 0 Å². The van der Waals surface area contributed by atoms with E-state index in [-0.39, 0.29) is 0 Å². The Hall–Kier alpha value is 0.01000. The largest absolute Gasteiger partial charge is 0.309 e. The van der Waals surface area contributed by atoms with Crippen LogP contribution in [-0.2, 0) is 0 Å². The normalized spacial score (nSPS) is 25.1. The van der Waals surface area contributed by atoms with Crippen molar-refractivity contribution in [2.45, 2.75) is 32.4 Å². The molecule has 0 aliphatic carbocycles. The summed E-state index contributed by atoms with van der Waals surface area (Å²) in [7, 11) is 2.23. The first-order valence-corrected chi connectivity index (χ1v) is 6.99. The van der Waals surface area contributed by atoms with Gasteiger partial charge in [0, 0.05) is 30.1 Å². The molecule has 2 atom stereocenters. The van der Waals surface area contributed by atoms with E-state index in [1.54, 1.807) is 0 Å². The molecule has 3 heteroatoms. The van der Waals surface area contributed by atoms with Crippen LogP contribution >= 0.6 is 11.8 Å². The van der Waals surface area contributed by atoms with Gasteiger partial charge in [0.25, 0.3) is 0 Å². The van der Waals surface area contributed by atoms with Crippen molar-refractivity contribution >= 4 is 11.8 Å². The highest BCUT2D eigenvalue weighted by atomic mass is 32.2. The van der Waals surface area contributed by atoms with E-state index in [1.807, 2.05) is 0 Å². The summed E-state index contributed by atoms with van der Waals surface area (Å²) in [6.07, 6.45) is 1.19. The molecule has 1 aliphatic rings. The number of nitrogens with zero attached hydrogens (tertiary/aromatic N) is 1. The van der Waals surface area contributed by atoms with E-state index in [2.05, 4.69) is 49.5 Å². The molecule has 88 valence electrons. The molecule has 0 bridgehead atoms. The molecule has 0 saturated carbocycles. The van der Waals surface area contributed by atoms with Gasteiger partial charge in [-0.1, -0.05) is 19.1 Å². The van der Waals surface area contributed by atoms with Crippen molar-refractivity contribution < 1.29 is 0 Å². The van der Waals surface area contributed by atoms with E-state index in [0.29, 0.717) is 12.1 Å². The monoisotopic (exact) mass is 228 g/mol. The Balaban J connectivity index is 2.56. The molecule has 1 rings (SSSR count). The summed E-state index contributed by atoms with van der Waals surface area (Å²) in [5, 5.41) is 3.61. The number of thioether (sulfide) groups is 1. The van der Waals surface area contributed by atoms with Crippen LogP contribution in [0.1, 0.15) is 20.3 Å². The molecular formula is C12H24N2S. The molecule has 0 aromatic rings. The van der Waals surface area contributed by atoms with E-state index in [0.717, 1.165) is 6.54 Å². The number of nitrogens with one attached hydrogen (secondary N) is 1. The van der Waals surface area contributed by atoms with Crippen molar-refractivity contribution in [2.75, 3.05) is 31.6 Å². The second-order valence-electron chi connectivity index (χ2n) is 4.40. The molecule has 0 aromatic heterocycles. The summed E-state index contributed by atoms with van der Waals surface area (Å²) in [5.74, 6) is 2.49. The Kier molecular flexibility index (Phi) is 5.72. The van der Waals surface area contributed by atoms with Crippen LogP contribution < -0.4 is 5.32 Å². The average molecular weight is 228 g/mol. The van der Waals surface area contributed by atoms with Crippen LogP contribution in [0, 0.1) is 0 Å². The molecule has 0 amide bonds. The zero-order chi connectivity index (χ0) is 11.3.